The van der Waals surface area contributed by atoms with Gasteiger partial charge in [-0.2, -0.15) is 0 Å². The van der Waals surface area contributed by atoms with Crippen molar-refractivity contribution in [3.8, 4) is 16.9 Å². The first-order chi connectivity index (χ1) is 13.3. The number of rotatable bonds is 5. The van der Waals surface area contributed by atoms with Crippen LogP contribution in [0.5, 0.6) is 5.75 Å². The minimum absolute atomic E-state index is 0.0830. The Bertz CT molecular complexity index is 1060. The quantitative estimate of drug-likeness (QED) is 0.486. The number of furan rings is 1. The first-order valence-electron chi connectivity index (χ1n) is 9.15. The summed E-state index contributed by atoms with van der Waals surface area (Å²) < 4.78 is 12.6. The van der Waals surface area contributed by atoms with Gasteiger partial charge in [-0.25, -0.2) is 0 Å². The zero-order valence-corrected chi connectivity index (χ0v) is 18.3. The normalized spacial score (nSPS) is 11.9. The molecule has 0 radical (unpaired) electrons. The SMILES string of the molecule is COc1c(/C(C)=C/C(=O)NC(C)C)cc2c(-c3cccc(Br)c3)coc2c1C. The molecule has 3 rings (SSSR count). The van der Waals surface area contributed by atoms with E-state index < -0.39 is 0 Å². The number of halogens is 1. The van der Waals surface area contributed by atoms with E-state index in [2.05, 4.69) is 27.3 Å². The number of allylic oxidation sites excluding steroid dienone is 1. The highest BCUT2D eigenvalue weighted by atomic mass is 79.9. The first-order valence-corrected chi connectivity index (χ1v) is 9.95. The molecule has 0 unspecified atom stereocenters. The van der Waals surface area contributed by atoms with Crippen LogP contribution in [0.25, 0.3) is 27.7 Å². The highest BCUT2D eigenvalue weighted by Gasteiger charge is 2.19. The number of hydrogen-bond acceptors (Lipinski definition) is 3. The molecule has 0 saturated heterocycles. The number of nitrogens with one attached hydrogen (secondary N) is 1. The molecule has 1 amide bonds. The maximum atomic E-state index is 12.2. The predicted molar refractivity (Wildman–Crippen MR) is 118 cm³/mol. The minimum atomic E-state index is -0.119. The van der Waals surface area contributed by atoms with Crippen molar-refractivity contribution in [1.82, 2.24) is 5.32 Å². The molecule has 2 aromatic carbocycles. The van der Waals surface area contributed by atoms with Gasteiger partial charge < -0.3 is 14.5 Å². The third-order valence-electron chi connectivity index (χ3n) is 4.59. The van der Waals surface area contributed by atoms with Crippen molar-refractivity contribution in [2.45, 2.75) is 33.7 Å². The lowest BCUT2D eigenvalue weighted by molar-refractivity contribution is -0.116. The molecule has 4 nitrogen and oxygen atoms in total. The van der Waals surface area contributed by atoms with Gasteiger partial charge in [0.05, 0.1) is 13.4 Å². The smallest absolute Gasteiger partial charge is 0.244 e. The van der Waals surface area contributed by atoms with Gasteiger partial charge in [0.1, 0.15) is 11.3 Å². The standard InChI is InChI=1S/C23H24BrNO3/c1-13(2)25-21(26)9-14(3)18-11-19-20(16-7-6-8-17(24)10-16)12-28-23(19)15(4)22(18)27-5/h6-13H,1-5H3,(H,25,26)/b14-9+. The summed E-state index contributed by atoms with van der Waals surface area (Å²) >= 11 is 3.53. The van der Waals surface area contributed by atoms with Crippen LogP contribution < -0.4 is 10.1 Å². The zero-order valence-electron chi connectivity index (χ0n) is 16.7. The first kappa shape index (κ1) is 20.2. The summed E-state index contributed by atoms with van der Waals surface area (Å²) in [7, 11) is 1.64. The number of aryl methyl sites for hydroxylation is 1. The van der Waals surface area contributed by atoms with Gasteiger partial charge in [-0.3, -0.25) is 4.79 Å². The number of ether oxygens (including phenoxy) is 1. The molecule has 0 saturated carbocycles. The average molecular weight is 442 g/mol. The topological polar surface area (TPSA) is 51.5 Å². The molecule has 1 N–H and O–H groups in total. The number of carbonyl (C=O) groups is 1. The fourth-order valence-corrected chi connectivity index (χ4v) is 3.75. The summed E-state index contributed by atoms with van der Waals surface area (Å²) in [6.07, 6.45) is 3.38. The zero-order chi connectivity index (χ0) is 20.4. The molecule has 1 aromatic heterocycles. The van der Waals surface area contributed by atoms with Gasteiger partial charge in [-0.1, -0.05) is 28.1 Å². The van der Waals surface area contributed by atoms with Crippen molar-refractivity contribution < 1.29 is 13.9 Å². The van der Waals surface area contributed by atoms with E-state index in [1.807, 2.05) is 52.0 Å². The minimum Gasteiger partial charge on any atom is -0.496 e. The predicted octanol–water partition coefficient (Wildman–Crippen LogP) is 6.11. The molecule has 0 aliphatic heterocycles. The van der Waals surface area contributed by atoms with Crippen molar-refractivity contribution in [3.05, 3.63) is 58.3 Å². The van der Waals surface area contributed by atoms with Crippen molar-refractivity contribution in [2.24, 2.45) is 0 Å². The summed E-state index contributed by atoms with van der Waals surface area (Å²) in [6, 6.07) is 10.2. The Morgan fingerprint density at radius 1 is 1.29 bits per heavy atom. The molecule has 5 heteroatoms. The molecule has 0 fully saturated rings. The second kappa shape index (κ2) is 8.23. The van der Waals surface area contributed by atoms with Crippen molar-refractivity contribution in [3.63, 3.8) is 0 Å². The summed E-state index contributed by atoms with van der Waals surface area (Å²) in [5.41, 5.74) is 5.47. The number of fused-ring (bicyclic) bond motifs is 1. The van der Waals surface area contributed by atoms with E-state index in [0.717, 1.165) is 43.3 Å². The monoisotopic (exact) mass is 441 g/mol. The molecule has 0 atom stereocenters. The van der Waals surface area contributed by atoms with Gasteiger partial charge in [-0.15, -0.1) is 0 Å². The highest BCUT2D eigenvalue weighted by molar-refractivity contribution is 9.10. The van der Waals surface area contributed by atoms with E-state index >= 15 is 0 Å². The Labute approximate surface area is 173 Å². The average Bonchev–Trinajstić information content (AvgIpc) is 3.05. The van der Waals surface area contributed by atoms with E-state index in [-0.39, 0.29) is 11.9 Å². The van der Waals surface area contributed by atoms with Crippen molar-refractivity contribution >= 4 is 38.4 Å². The van der Waals surface area contributed by atoms with Crippen LogP contribution >= 0.6 is 15.9 Å². The highest BCUT2D eigenvalue weighted by Crippen LogP contribution is 2.40. The number of hydrogen-bond donors (Lipinski definition) is 1. The molecule has 0 spiro atoms. The Morgan fingerprint density at radius 2 is 2.04 bits per heavy atom. The lowest BCUT2D eigenvalue weighted by Gasteiger charge is -2.14. The van der Waals surface area contributed by atoms with Crippen LogP contribution in [0.2, 0.25) is 0 Å². The molecular formula is C23H24BrNO3. The fourth-order valence-electron chi connectivity index (χ4n) is 3.35. The molecule has 3 aromatic rings. The van der Waals surface area contributed by atoms with Crippen LogP contribution in [-0.4, -0.2) is 19.1 Å². The number of benzene rings is 2. The van der Waals surface area contributed by atoms with Gasteiger partial charge in [0, 0.05) is 38.7 Å². The Balaban J connectivity index is 2.18. The maximum absolute atomic E-state index is 12.2. The largest absolute Gasteiger partial charge is 0.496 e. The molecule has 0 aliphatic rings. The Morgan fingerprint density at radius 3 is 2.68 bits per heavy atom. The Kier molecular flexibility index (Phi) is 5.94. The lowest BCUT2D eigenvalue weighted by atomic mass is 9.96. The van der Waals surface area contributed by atoms with Crippen LogP contribution in [-0.2, 0) is 4.79 Å². The van der Waals surface area contributed by atoms with E-state index in [1.165, 1.54) is 0 Å². The van der Waals surface area contributed by atoms with Gasteiger partial charge in [0.2, 0.25) is 5.91 Å². The fraction of sp³-hybridized carbons (Fsp3) is 0.261. The van der Waals surface area contributed by atoms with Crippen LogP contribution in [0, 0.1) is 6.92 Å². The van der Waals surface area contributed by atoms with Crippen LogP contribution in [0.3, 0.4) is 0 Å². The second-order valence-electron chi connectivity index (χ2n) is 7.11. The summed E-state index contributed by atoms with van der Waals surface area (Å²) in [6.45, 7) is 7.77. The van der Waals surface area contributed by atoms with E-state index in [0.29, 0.717) is 5.75 Å². The molecule has 1 heterocycles. The van der Waals surface area contributed by atoms with E-state index in [9.17, 15) is 4.79 Å². The molecule has 146 valence electrons. The summed E-state index contributed by atoms with van der Waals surface area (Å²) in [4.78, 5) is 12.2. The lowest BCUT2D eigenvalue weighted by Crippen LogP contribution is -2.28. The van der Waals surface area contributed by atoms with Crippen molar-refractivity contribution in [2.75, 3.05) is 7.11 Å². The summed E-state index contributed by atoms with van der Waals surface area (Å²) in [5.74, 6) is 0.598. The number of amides is 1. The third-order valence-corrected chi connectivity index (χ3v) is 5.08. The second-order valence-corrected chi connectivity index (χ2v) is 8.03. The molecule has 0 bridgehead atoms. The summed E-state index contributed by atoms with van der Waals surface area (Å²) in [5, 5.41) is 3.88. The van der Waals surface area contributed by atoms with Crippen LogP contribution in [0.1, 0.15) is 31.9 Å². The van der Waals surface area contributed by atoms with Gasteiger partial charge >= 0.3 is 0 Å². The number of methoxy groups -OCH3 is 1. The molecule has 28 heavy (non-hydrogen) atoms. The van der Waals surface area contributed by atoms with Gasteiger partial charge in [0.25, 0.3) is 0 Å². The van der Waals surface area contributed by atoms with E-state index in [4.69, 9.17) is 9.15 Å². The number of carbonyl (C=O) groups excluding carboxylic acids is 1. The molecular weight excluding hydrogens is 418 g/mol. The Hall–Kier alpha value is -2.53. The van der Waals surface area contributed by atoms with Crippen molar-refractivity contribution in [1.29, 1.82) is 0 Å². The van der Waals surface area contributed by atoms with Gasteiger partial charge in [0.15, 0.2) is 0 Å². The van der Waals surface area contributed by atoms with Crippen LogP contribution in [0.15, 0.2) is 51.6 Å². The van der Waals surface area contributed by atoms with Gasteiger partial charge in [-0.05, 0) is 57.0 Å². The third kappa shape index (κ3) is 3.99. The maximum Gasteiger partial charge on any atom is 0.244 e. The van der Waals surface area contributed by atoms with Crippen LogP contribution in [0.4, 0.5) is 0 Å². The molecule has 0 aliphatic carbocycles. The van der Waals surface area contributed by atoms with E-state index in [1.54, 1.807) is 19.4 Å².